The Hall–Kier alpha value is -0.750. The van der Waals surface area contributed by atoms with Crippen LogP contribution in [-0.2, 0) is 10.0 Å². The molecule has 0 bridgehead atoms. The molecule has 5 nitrogen and oxygen atoms in total. The second kappa shape index (κ2) is 4.65. The highest BCUT2D eigenvalue weighted by Crippen LogP contribution is 2.10. The molecule has 0 radical (unpaired) electrons. The first kappa shape index (κ1) is 11.3. The van der Waals surface area contributed by atoms with E-state index in [-0.39, 0.29) is 11.7 Å². The van der Waals surface area contributed by atoms with E-state index in [4.69, 9.17) is 11.6 Å². The van der Waals surface area contributed by atoms with E-state index in [1.165, 1.54) is 12.5 Å². The van der Waals surface area contributed by atoms with Gasteiger partial charge in [0.05, 0.1) is 11.9 Å². The van der Waals surface area contributed by atoms with Gasteiger partial charge in [-0.1, -0.05) is 12.1 Å². The van der Waals surface area contributed by atoms with E-state index >= 15 is 0 Å². The number of sulfonamides is 1. The van der Waals surface area contributed by atoms with Crippen molar-refractivity contribution < 1.29 is 12.9 Å². The first-order valence-electron chi connectivity index (χ1n) is 3.99. The van der Waals surface area contributed by atoms with Gasteiger partial charge in [0, 0.05) is 5.88 Å². The maximum atomic E-state index is 11.4. The molecule has 14 heavy (non-hydrogen) atoms. The Balaban J connectivity index is 2.59. The third kappa shape index (κ3) is 3.55. The zero-order valence-electron chi connectivity index (χ0n) is 7.60. The van der Waals surface area contributed by atoms with Crippen LogP contribution in [-0.4, -0.2) is 25.2 Å². The molecule has 0 aliphatic carbocycles. The molecule has 0 aromatic carbocycles. The average Bonchev–Trinajstić information content (AvgIpc) is 2.54. The van der Waals surface area contributed by atoms with E-state index in [1.807, 2.05) is 0 Å². The normalized spacial score (nSPS) is 13.9. The summed E-state index contributed by atoms with van der Waals surface area (Å²) in [7, 11) is -3.35. The smallest absolute Gasteiger partial charge is 0.233 e. The molecule has 0 fully saturated rings. The maximum absolute atomic E-state index is 11.4. The monoisotopic (exact) mass is 238 g/mol. The molecular weight excluding hydrogens is 228 g/mol. The molecule has 1 aromatic heterocycles. The number of nitrogens with one attached hydrogen (secondary N) is 1. The van der Waals surface area contributed by atoms with Crippen LogP contribution in [0.1, 0.15) is 6.92 Å². The minimum atomic E-state index is -3.35. The topological polar surface area (TPSA) is 72.2 Å². The second-order valence-electron chi connectivity index (χ2n) is 3.06. The lowest BCUT2D eigenvalue weighted by atomic mass is 10.3. The fourth-order valence-electron chi connectivity index (χ4n) is 0.896. The van der Waals surface area contributed by atoms with Crippen molar-refractivity contribution in [1.29, 1.82) is 0 Å². The van der Waals surface area contributed by atoms with Crippen molar-refractivity contribution in [1.82, 2.24) is 5.16 Å². The number of nitrogens with zero attached hydrogens (tertiary/aromatic N) is 1. The number of hydrogen-bond acceptors (Lipinski definition) is 4. The molecule has 7 heteroatoms. The van der Waals surface area contributed by atoms with Crippen LogP contribution in [0.15, 0.2) is 17.0 Å². The lowest BCUT2D eigenvalue weighted by Crippen LogP contribution is -2.21. The minimum absolute atomic E-state index is 0.0122. The molecule has 1 atom stereocenters. The van der Waals surface area contributed by atoms with E-state index < -0.39 is 10.0 Å². The lowest BCUT2D eigenvalue weighted by molar-refractivity contribution is 0.420. The highest BCUT2D eigenvalue weighted by atomic mass is 35.5. The molecule has 1 aromatic rings. The van der Waals surface area contributed by atoms with Crippen LogP contribution in [0.2, 0.25) is 0 Å². The molecule has 80 valence electrons. The van der Waals surface area contributed by atoms with Crippen LogP contribution >= 0.6 is 11.6 Å². The Morgan fingerprint density at radius 2 is 2.43 bits per heavy atom. The Bertz CT molecular complexity index is 362. The zero-order valence-corrected chi connectivity index (χ0v) is 9.18. The standard InChI is InChI=1S/C7H11ClN2O3S/c1-6(2-8)5-14(11,12)10-7-3-9-13-4-7/h3-4,6,10H,2,5H2,1H3. The number of halogens is 1. The predicted molar refractivity (Wildman–Crippen MR) is 53.8 cm³/mol. The number of anilines is 1. The van der Waals surface area contributed by atoms with Crippen molar-refractivity contribution in [2.75, 3.05) is 16.4 Å². The van der Waals surface area contributed by atoms with Gasteiger partial charge in [-0.3, -0.25) is 4.72 Å². The van der Waals surface area contributed by atoms with Crippen molar-refractivity contribution in [3.05, 3.63) is 12.5 Å². The van der Waals surface area contributed by atoms with Crippen molar-refractivity contribution in [2.24, 2.45) is 5.92 Å². The minimum Gasteiger partial charge on any atom is -0.362 e. The lowest BCUT2D eigenvalue weighted by Gasteiger charge is -2.08. The molecule has 1 N–H and O–H groups in total. The first-order chi connectivity index (χ1) is 6.53. The van der Waals surface area contributed by atoms with Gasteiger partial charge in [0.25, 0.3) is 0 Å². The van der Waals surface area contributed by atoms with Crippen molar-refractivity contribution in [2.45, 2.75) is 6.92 Å². The third-order valence-corrected chi connectivity index (χ3v) is 3.55. The van der Waals surface area contributed by atoms with Crippen LogP contribution in [0.4, 0.5) is 5.69 Å². The number of rotatable bonds is 5. The summed E-state index contributed by atoms with van der Waals surface area (Å²) in [6.45, 7) is 1.76. The van der Waals surface area contributed by atoms with E-state index in [9.17, 15) is 8.42 Å². The summed E-state index contributed by atoms with van der Waals surface area (Å²) < 4.78 is 29.7. The Kier molecular flexibility index (Phi) is 3.77. The Morgan fingerprint density at radius 3 is 2.93 bits per heavy atom. The summed E-state index contributed by atoms with van der Waals surface area (Å²) in [4.78, 5) is 0. The summed E-state index contributed by atoms with van der Waals surface area (Å²) >= 11 is 5.52. The molecule has 0 spiro atoms. The molecule has 0 saturated carbocycles. The van der Waals surface area contributed by atoms with Crippen LogP contribution < -0.4 is 4.72 Å². The average molecular weight is 239 g/mol. The number of aromatic nitrogens is 1. The summed E-state index contributed by atoms with van der Waals surface area (Å²) in [5.74, 6) is 0.209. The zero-order chi connectivity index (χ0) is 10.6. The van der Waals surface area contributed by atoms with Crippen LogP contribution in [0.5, 0.6) is 0 Å². The summed E-state index contributed by atoms with van der Waals surface area (Å²) in [5, 5.41) is 3.38. The SMILES string of the molecule is CC(CCl)CS(=O)(=O)Nc1cnoc1. The van der Waals surface area contributed by atoms with Gasteiger partial charge in [-0.2, -0.15) is 0 Å². The molecule has 1 rings (SSSR count). The van der Waals surface area contributed by atoms with Gasteiger partial charge >= 0.3 is 0 Å². The van der Waals surface area contributed by atoms with Gasteiger partial charge in [-0.25, -0.2) is 8.42 Å². The van der Waals surface area contributed by atoms with E-state index in [0.717, 1.165) is 0 Å². The van der Waals surface area contributed by atoms with Crippen LogP contribution in [0, 0.1) is 5.92 Å². The maximum Gasteiger partial charge on any atom is 0.233 e. The van der Waals surface area contributed by atoms with E-state index in [1.54, 1.807) is 6.92 Å². The van der Waals surface area contributed by atoms with Gasteiger partial charge in [0.2, 0.25) is 10.0 Å². The largest absolute Gasteiger partial charge is 0.362 e. The molecule has 0 aliphatic rings. The molecular formula is C7H11ClN2O3S. The highest BCUT2D eigenvalue weighted by Gasteiger charge is 2.15. The first-order valence-corrected chi connectivity index (χ1v) is 6.18. The molecule has 0 saturated heterocycles. The van der Waals surface area contributed by atoms with Gasteiger partial charge in [-0.05, 0) is 5.92 Å². The Labute approximate surface area is 87.5 Å². The van der Waals surface area contributed by atoms with Crippen molar-refractivity contribution in [3.63, 3.8) is 0 Å². The predicted octanol–water partition coefficient (Wildman–Crippen LogP) is 1.29. The van der Waals surface area contributed by atoms with Gasteiger partial charge in [-0.15, -0.1) is 11.6 Å². The molecule has 0 amide bonds. The quantitative estimate of drug-likeness (QED) is 0.785. The van der Waals surface area contributed by atoms with E-state index in [0.29, 0.717) is 11.6 Å². The van der Waals surface area contributed by atoms with E-state index in [2.05, 4.69) is 14.4 Å². The summed E-state index contributed by atoms with van der Waals surface area (Å²) in [6, 6.07) is 0. The molecule has 1 heterocycles. The number of alkyl halides is 1. The van der Waals surface area contributed by atoms with Crippen LogP contribution in [0.25, 0.3) is 0 Å². The number of hydrogen-bond donors (Lipinski definition) is 1. The van der Waals surface area contributed by atoms with Gasteiger partial charge in [0.15, 0.2) is 0 Å². The summed E-state index contributed by atoms with van der Waals surface area (Å²) in [6.07, 6.45) is 2.52. The highest BCUT2D eigenvalue weighted by molar-refractivity contribution is 7.92. The second-order valence-corrected chi connectivity index (χ2v) is 5.13. The van der Waals surface area contributed by atoms with Gasteiger partial charge in [0.1, 0.15) is 12.0 Å². The molecule has 0 aliphatic heterocycles. The van der Waals surface area contributed by atoms with Gasteiger partial charge < -0.3 is 4.52 Å². The Morgan fingerprint density at radius 1 is 1.71 bits per heavy atom. The van der Waals surface area contributed by atoms with Crippen molar-refractivity contribution >= 4 is 27.3 Å². The van der Waals surface area contributed by atoms with Crippen LogP contribution in [0.3, 0.4) is 0 Å². The molecule has 1 unspecified atom stereocenters. The third-order valence-electron chi connectivity index (χ3n) is 1.47. The fraction of sp³-hybridized carbons (Fsp3) is 0.571. The summed E-state index contributed by atoms with van der Waals surface area (Å²) in [5.41, 5.74) is 0.326. The van der Waals surface area contributed by atoms with Crippen molar-refractivity contribution in [3.8, 4) is 0 Å². The fourth-order valence-corrected chi connectivity index (χ4v) is 2.54.